The van der Waals surface area contributed by atoms with Gasteiger partial charge in [0.2, 0.25) is 0 Å². The molecule has 4 nitrogen and oxygen atoms in total. The molecule has 0 saturated heterocycles. The van der Waals surface area contributed by atoms with Gasteiger partial charge in [0.05, 0.1) is 0 Å². The molecular formula is C15H23F2N3O. The zero-order valence-electron chi connectivity index (χ0n) is 12.7. The summed E-state index contributed by atoms with van der Waals surface area (Å²) in [5, 5.41) is 6.26. The lowest BCUT2D eigenvalue weighted by molar-refractivity contribution is 0.195. The third kappa shape index (κ3) is 6.08. The first-order chi connectivity index (χ1) is 10.1. The largest absolute Gasteiger partial charge is 0.385 e. The molecule has 0 radical (unpaired) electrons. The number of nitrogens with zero attached hydrogens (tertiary/aromatic N) is 1. The van der Waals surface area contributed by atoms with Crippen molar-refractivity contribution in [1.82, 2.24) is 10.6 Å². The van der Waals surface area contributed by atoms with E-state index in [9.17, 15) is 8.78 Å². The van der Waals surface area contributed by atoms with Crippen LogP contribution in [0.5, 0.6) is 0 Å². The monoisotopic (exact) mass is 299 g/mol. The second kappa shape index (κ2) is 9.28. The van der Waals surface area contributed by atoms with E-state index in [1.165, 1.54) is 12.1 Å². The molecule has 1 aromatic carbocycles. The van der Waals surface area contributed by atoms with Crippen LogP contribution in [-0.4, -0.2) is 39.8 Å². The fourth-order valence-corrected chi connectivity index (χ4v) is 1.90. The Morgan fingerprint density at radius 2 is 2.10 bits per heavy atom. The highest BCUT2D eigenvalue weighted by atomic mass is 19.1. The molecular weight excluding hydrogens is 276 g/mol. The van der Waals surface area contributed by atoms with Gasteiger partial charge in [0.25, 0.3) is 0 Å². The van der Waals surface area contributed by atoms with Crippen molar-refractivity contribution in [3.05, 3.63) is 35.4 Å². The van der Waals surface area contributed by atoms with E-state index in [0.717, 1.165) is 19.0 Å². The Balaban J connectivity index is 2.45. The summed E-state index contributed by atoms with van der Waals surface area (Å²) >= 11 is 0. The Morgan fingerprint density at radius 3 is 2.71 bits per heavy atom. The zero-order chi connectivity index (χ0) is 15.7. The number of rotatable bonds is 7. The lowest BCUT2D eigenvalue weighted by Crippen LogP contribution is -2.39. The number of nitrogens with one attached hydrogen (secondary N) is 2. The Bertz CT molecular complexity index is 466. The van der Waals surface area contributed by atoms with Crippen LogP contribution in [0.3, 0.4) is 0 Å². The van der Waals surface area contributed by atoms with Crippen molar-refractivity contribution in [2.45, 2.75) is 19.3 Å². The fourth-order valence-electron chi connectivity index (χ4n) is 1.90. The number of benzene rings is 1. The van der Waals surface area contributed by atoms with E-state index in [1.54, 1.807) is 14.2 Å². The molecule has 0 aliphatic carbocycles. The van der Waals surface area contributed by atoms with Crippen molar-refractivity contribution in [3.8, 4) is 0 Å². The third-order valence-electron chi connectivity index (χ3n) is 3.11. The molecule has 1 atom stereocenters. The fraction of sp³-hybridized carbons (Fsp3) is 0.533. The van der Waals surface area contributed by atoms with Crippen LogP contribution in [0.15, 0.2) is 23.2 Å². The topological polar surface area (TPSA) is 45.7 Å². The lowest BCUT2D eigenvalue weighted by atomic mass is 10.0. The number of halogens is 2. The van der Waals surface area contributed by atoms with Gasteiger partial charge in [0, 0.05) is 45.8 Å². The molecule has 0 saturated carbocycles. The van der Waals surface area contributed by atoms with Gasteiger partial charge in [0.1, 0.15) is 11.6 Å². The van der Waals surface area contributed by atoms with Crippen molar-refractivity contribution >= 4 is 5.96 Å². The molecule has 0 bridgehead atoms. The number of methoxy groups -OCH3 is 1. The maximum atomic E-state index is 13.7. The molecule has 2 N–H and O–H groups in total. The van der Waals surface area contributed by atoms with Crippen LogP contribution in [0.25, 0.3) is 0 Å². The third-order valence-corrected chi connectivity index (χ3v) is 3.11. The maximum absolute atomic E-state index is 13.7. The molecule has 1 unspecified atom stereocenters. The van der Waals surface area contributed by atoms with Crippen LogP contribution in [0.1, 0.15) is 24.8 Å². The van der Waals surface area contributed by atoms with Gasteiger partial charge in [0.15, 0.2) is 5.96 Å². The number of hydrogen-bond acceptors (Lipinski definition) is 2. The van der Waals surface area contributed by atoms with Crippen molar-refractivity contribution in [2.75, 3.05) is 33.9 Å². The van der Waals surface area contributed by atoms with Gasteiger partial charge in [-0.2, -0.15) is 0 Å². The molecule has 118 valence electrons. The number of hydrogen-bond donors (Lipinski definition) is 2. The summed E-state index contributed by atoms with van der Waals surface area (Å²) in [5.74, 6) is -0.525. The van der Waals surface area contributed by atoms with Gasteiger partial charge in [-0.05, 0) is 18.1 Å². The van der Waals surface area contributed by atoms with Gasteiger partial charge >= 0.3 is 0 Å². The molecule has 21 heavy (non-hydrogen) atoms. The van der Waals surface area contributed by atoms with Crippen LogP contribution in [0.4, 0.5) is 8.78 Å². The summed E-state index contributed by atoms with van der Waals surface area (Å²) in [6, 6.07) is 3.65. The first-order valence-corrected chi connectivity index (χ1v) is 6.97. The second-order valence-corrected chi connectivity index (χ2v) is 4.79. The average molecular weight is 299 g/mol. The Kier molecular flexibility index (Phi) is 7.68. The van der Waals surface area contributed by atoms with Crippen LogP contribution in [0, 0.1) is 11.6 Å². The Labute approximate surface area is 124 Å². The molecule has 0 aliphatic rings. The lowest BCUT2D eigenvalue weighted by Gasteiger charge is -2.17. The van der Waals surface area contributed by atoms with E-state index in [0.29, 0.717) is 24.7 Å². The molecule has 0 amide bonds. The summed E-state index contributed by atoms with van der Waals surface area (Å²) < 4.78 is 31.5. The summed E-state index contributed by atoms with van der Waals surface area (Å²) in [5.41, 5.74) is 0.485. The normalized spacial score (nSPS) is 13.1. The van der Waals surface area contributed by atoms with Crippen LogP contribution in [-0.2, 0) is 4.74 Å². The first kappa shape index (κ1) is 17.4. The van der Waals surface area contributed by atoms with E-state index >= 15 is 0 Å². The highest BCUT2D eigenvalue weighted by Crippen LogP contribution is 2.18. The average Bonchev–Trinajstić information content (AvgIpc) is 2.46. The molecule has 1 rings (SSSR count). The van der Waals surface area contributed by atoms with Crippen LogP contribution in [0.2, 0.25) is 0 Å². The van der Waals surface area contributed by atoms with E-state index in [2.05, 4.69) is 15.6 Å². The van der Waals surface area contributed by atoms with Crippen LogP contribution < -0.4 is 10.6 Å². The predicted octanol–water partition coefficient (Wildman–Crippen LogP) is 2.27. The minimum Gasteiger partial charge on any atom is -0.385 e. The smallest absolute Gasteiger partial charge is 0.190 e. The number of guanidine groups is 1. The minimum atomic E-state index is -0.563. The standard InChI is InChI=1S/C15H23F2N3O/c1-11(13-6-5-12(16)9-14(13)17)10-20-15(18-2)19-7-4-8-21-3/h5-6,9,11H,4,7-8,10H2,1-3H3,(H2,18,19,20). The number of aliphatic imine (C=N–C) groups is 1. The molecule has 0 aliphatic heterocycles. The van der Waals surface area contributed by atoms with Gasteiger partial charge in [-0.15, -0.1) is 0 Å². The Hall–Kier alpha value is -1.69. The highest BCUT2D eigenvalue weighted by molar-refractivity contribution is 5.79. The van der Waals surface area contributed by atoms with E-state index in [-0.39, 0.29) is 5.92 Å². The summed E-state index contributed by atoms with van der Waals surface area (Å²) in [7, 11) is 3.33. The van der Waals surface area contributed by atoms with Crippen molar-refractivity contribution in [3.63, 3.8) is 0 Å². The van der Waals surface area contributed by atoms with Crippen LogP contribution >= 0.6 is 0 Å². The molecule has 0 fully saturated rings. The quantitative estimate of drug-likeness (QED) is 0.461. The van der Waals surface area contributed by atoms with Crippen molar-refractivity contribution in [1.29, 1.82) is 0 Å². The molecule has 0 heterocycles. The van der Waals surface area contributed by atoms with Gasteiger partial charge in [-0.25, -0.2) is 8.78 Å². The maximum Gasteiger partial charge on any atom is 0.190 e. The summed E-state index contributed by atoms with van der Waals surface area (Å²) in [6.45, 7) is 3.81. The van der Waals surface area contributed by atoms with E-state index < -0.39 is 11.6 Å². The first-order valence-electron chi connectivity index (χ1n) is 6.97. The van der Waals surface area contributed by atoms with Crippen molar-refractivity contribution in [2.24, 2.45) is 4.99 Å². The van der Waals surface area contributed by atoms with E-state index in [4.69, 9.17) is 4.74 Å². The SMILES string of the molecule is CN=C(NCCCOC)NCC(C)c1ccc(F)cc1F. The molecule has 6 heteroatoms. The summed E-state index contributed by atoms with van der Waals surface area (Å²) in [4.78, 5) is 4.09. The zero-order valence-corrected chi connectivity index (χ0v) is 12.7. The van der Waals surface area contributed by atoms with Crippen molar-refractivity contribution < 1.29 is 13.5 Å². The van der Waals surface area contributed by atoms with Gasteiger partial charge in [-0.1, -0.05) is 13.0 Å². The minimum absolute atomic E-state index is 0.0943. The molecule has 0 spiro atoms. The van der Waals surface area contributed by atoms with Gasteiger partial charge < -0.3 is 15.4 Å². The van der Waals surface area contributed by atoms with Gasteiger partial charge in [-0.3, -0.25) is 4.99 Å². The summed E-state index contributed by atoms with van der Waals surface area (Å²) in [6.07, 6.45) is 0.874. The predicted molar refractivity (Wildman–Crippen MR) is 80.6 cm³/mol. The highest BCUT2D eigenvalue weighted by Gasteiger charge is 2.12. The molecule has 1 aromatic rings. The second-order valence-electron chi connectivity index (χ2n) is 4.79. The number of ether oxygens (including phenoxy) is 1. The molecule has 0 aromatic heterocycles. The van der Waals surface area contributed by atoms with E-state index in [1.807, 2.05) is 6.92 Å². The Morgan fingerprint density at radius 1 is 1.33 bits per heavy atom.